The third-order valence-corrected chi connectivity index (χ3v) is 2.27. The largest absolute Gasteiger partial charge is 0.466 e. The lowest BCUT2D eigenvalue weighted by Crippen LogP contribution is -2.17. The zero-order valence-electron chi connectivity index (χ0n) is 10.5. The van der Waals surface area contributed by atoms with Gasteiger partial charge in [-0.15, -0.1) is 0 Å². The molecule has 0 saturated carbocycles. The number of carbonyl (C=O) groups excluding carboxylic acids is 1. The average Bonchev–Trinajstić information content (AvgIpc) is 2.32. The van der Waals surface area contributed by atoms with E-state index in [-0.39, 0.29) is 5.97 Å². The van der Waals surface area contributed by atoms with Crippen molar-refractivity contribution < 1.29 is 14.3 Å². The number of methoxy groups -OCH3 is 2. The van der Waals surface area contributed by atoms with E-state index in [1.165, 1.54) is 7.11 Å². The molecular formula is C12H23NO3. The zero-order valence-corrected chi connectivity index (χ0v) is 10.5. The fraction of sp³-hybridized carbons (Fsp3) is 0.750. The van der Waals surface area contributed by atoms with E-state index in [2.05, 4.69) is 10.1 Å². The Morgan fingerprint density at radius 2 is 2.06 bits per heavy atom. The van der Waals surface area contributed by atoms with E-state index in [9.17, 15) is 4.79 Å². The van der Waals surface area contributed by atoms with Gasteiger partial charge in [0.05, 0.1) is 7.11 Å². The van der Waals surface area contributed by atoms with Gasteiger partial charge in [-0.1, -0.05) is 13.0 Å². The zero-order chi connectivity index (χ0) is 12.2. The summed E-state index contributed by atoms with van der Waals surface area (Å²) >= 11 is 0. The van der Waals surface area contributed by atoms with Crippen LogP contribution < -0.4 is 5.32 Å². The predicted octanol–water partition coefficient (Wildman–Crippen LogP) is 1.51. The number of ether oxygens (including phenoxy) is 2. The van der Waals surface area contributed by atoms with Crippen molar-refractivity contribution in [1.29, 1.82) is 0 Å². The molecule has 4 heteroatoms. The van der Waals surface area contributed by atoms with Crippen LogP contribution in [-0.4, -0.2) is 39.9 Å². The number of nitrogens with one attached hydrogen (secondary N) is 1. The molecule has 0 rings (SSSR count). The Bertz CT molecular complexity index is 214. The van der Waals surface area contributed by atoms with E-state index in [1.807, 2.05) is 13.0 Å². The molecule has 0 spiro atoms. The first-order valence-corrected chi connectivity index (χ1v) is 5.73. The summed E-state index contributed by atoms with van der Waals surface area (Å²) in [6.07, 6.45) is 4.74. The molecule has 0 aromatic heterocycles. The van der Waals surface area contributed by atoms with Crippen LogP contribution in [0.5, 0.6) is 0 Å². The average molecular weight is 229 g/mol. The van der Waals surface area contributed by atoms with Crippen molar-refractivity contribution >= 4 is 5.97 Å². The van der Waals surface area contributed by atoms with Crippen LogP contribution in [0.1, 0.15) is 26.2 Å². The maximum atomic E-state index is 11.2. The van der Waals surface area contributed by atoms with E-state index < -0.39 is 0 Å². The quantitative estimate of drug-likeness (QED) is 0.370. The standard InChI is InChI=1S/C12H23NO3/c1-4-11(12(14)16-3)7-9-13-8-5-6-10-15-2/h7,13H,4-6,8-10H2,1-3H3. The maximum Gasteiger partial charge on any atom is 0.333 e. The topological polar surface area (TPSA) is 47.6 Å². The molecule has 0 amide bonds. The van der Waals surface area contributed by atoms with Crippen LogP contribution >= 0.6 is 0 Å². The Balaban J connectivity index is 3.60. The summed E-state index contributed by atoms with van der Waals surface area (Å²) in [6, 6.07) is 0. The number of carbonyl (C=O) groups is 1. The molecule has 0 fully saturated rings. The number of rotatable bonds is 9. The molecule has 1 N–H and O–H groups in total. The van der Waals surface area contributed by atoms with Gasteiger partial charge in [0.25, 0.3) is 0 Å². The van der Waals surface area contributed by atoms with Gasteiger partial charge in [-0.2, -0.15) is 0 Å². The van der Waals surface area contributed by atoms with Crippen molar-refractivity contribution in [3.8, 4) is 0 Å². The summed E-state index contributed by atoms with van der Waals surface area (Å²) in [4.78, 5) is 11.2. The molecule has 0 aromatic carbocycles. The molecular weight excluding hydrogens is 206 g/mol. The summed E-state index contributed by atoms with van der Waals surface area (Å²) in [5.41, 5.74) is 0.729. The number of hydrogen-bond acceptors (Lipinski definition) is 4. The first-order chi connectivity index (χ1) is 7.76. The Kier molecular flexibility index (Phi) is 10.1. The van der Waals surface area contributed by atoms with Gasteiger partial charge in [-0.3, -0.25) is 0 Å². The number of unbranched alkanes of at least 4 members (excludes halogenated alkanes) is 1. The highest BCUT2D eigenvalue weighted by Gasteiger charge is 2.05. The molecule has 0 heterocycles. The summed E-state index contributed by atoms with van der Waals surface area (Å²) in [5, 5.41) is 3.25. The molecule has 0 unspecified atom stereocenters. The van der Waals surface area contributed by atoms with Crippen molar-refractivity contribution in [2.45, 2.75) is 26.2 Å². The van der Waals surface area contributed by atoms with E-state index in [4.69, 9.17) is 4.74 Å². The highest BCUT2D eigenvalue weighted by molar-refractivity contribution is 5.88. The minimum Gasteiger partial charge on any atom is -0.466 e. The second kappa shape index (κ2) is 10.6. The molecule has 0 aromatic rings. The normalized spacial score (nSPS) is 11.6. The molecule has 0 atom stereocenters. The molecule has 0 bridgehead atoms. The van der Waals surface area contributed by atoms with Crippen molar-refractivity contribution in [3.63, 3.8) is 0 Å². The Morgan fingerprint density at radius 1 is 1.31 bits per heavy atom. The van der Waals surface area contributed by atoms with Crippen LogP contribution in [-0.2, 0) is 14.3 Å². The lowest BCUT2D eigenvalue weighted by atomic mass is 10.2. The van der Waals surface area contributed by atoms with Crippen molar-refractivity contribution in [2.75, 3.05) is 33.9 Å². The smallest absolute Gasteiger partial charge is 0.333 e. The predicted molar refractivity (Wildman–Crippen MR) is 64.4 cm³/mol. The minimum atomic E-state index is -0.233. The van der Waals surface area contributed by atoms with Gasteiger partial charge in [-0.05, 0) is 25.8 Å². The summed E-state index contributed by atoms with van der Waals surface area (Å²) in [6.45, 7) is 4.41. The fourth-order valence-corrected chi connectivity index (χ4v) is 1.30. The molecule has 0 aliphatic heterocycles. The second-order valence-electron chi connectivity index (χ2n) is 3.48. The van der Waals surface area contributed by atoms with Gasteiger partial charge in [0.1, 0.15) is 0 Å². The van der Waals surface area contributed by atoms with Crippen LogP contribution in [0, 0.1) is 0 Å². The van der Waals surface area contributed by atoms with Gasteiger partial charge in [-0.25, -0.2) is 4.79 Å². The second-order valence-corrected chi connectivity index (χ2v) is 3.48. The lowest BCUT2D eigenvalue weighted by molar-refractivity contribution is -0.136. The highest BCUT2D eigenvalue weighted by Crippen LogP contribution is 2.01. The van der Waals surface area contributed by atoms with E-state index in [0.717, 1.165) is 31.6 Å². The molecule has 0 aliphatic rings. The fourth-order valence-electron chi connectivity index (χ4n) is 1.30. The van der Waals surface area contributed by atoms with E-state index in [0.29, 0.717) is 13.0 Å². The first kappa shape index (κ1) is 15.1. The van der Waals surface area contributed by atoms with Crippen LogP contribution in [0.4, 0.5) is 0 Å². The summed E-state index contributed by atoms with van der Waals surface area (Å²) in [7, 11) is 3.12. The molecule has 0 radical (unpaired) electrons. The van der Waals surface area contributed by atoms with E-state index in [1.54, 1.807) is 7.11 Å². The molecule has 16 heavy (non-hydrogen) atoms. The summed E-state index contributed by atoms with van der Waals surface area (Å²) < 4.78 is 9.61. The van der Waals surface area contributed by atoms with Gasteiger partial charge in [0.2, 0.25) is 0 Å². The monoisotopic (exact) mass is 229 g/mol. The third-order valence-electron chi connectivity index (χ3n) is 2.27. The Hall–Kier alpha value is -0.870. The highest BCUT2D eigenvalue weighted by atomic mass is 16.5. The van der Waals surface area contributed by atoms with Crippen LogP contribution in [0.25, 0.3) is 0 Å². The maximum absolute atomic E-state index is 11.2. The lowest BCUT2D eigenvalue weighted by Gasteiger charge is -2.04. The van der Waals surface area contributed by atoms with Crippen LogP contribution in [0.2, 0.25) is 0 Å². The molecule has 0 saturated heterocycles. The van der Waals surface area contributed by atoms with Gasteiger partial charge < -0.3 is 14.8 Å². The van der Waals surface area contributed by atoms with Crippen molar-refractivity contribution in [2.24, 2.45) is 0 Å². The van der Waals surface area contributed by atoms with Gasteiger partial charge in [0, 0.05) is 25.8 Å². The SMILES string of the molecule is CCC(=CCNCCCCOC)C(=O)OC. The van der Waals surface area contributed by atoms with E-state index >= 15 is 0 Å². The molecule has 0 aliphatic carbocycles. The third kappa shape index (κ3) is 7.43. The Labute approximate surface area is 98.0 Å². The minimum absolute atomic E-state index is 0.233. The molecule has 4 nitrogen and oxygen atoms in total. The van der Waals surface area contributed by atoms with Crippen molar-refractivity contribution in [3.05, 3.63) is 11.6 Å². The molecule has 94 valence electrons. The Morgan fingerprint density at radius 3 is 2.62 bits per heavy atom. The van der Waals surface area contributed by atoms with Crippen LogP contribution in [0.3, 0.4) is 0 Å². The van der Waals surface area contributed by atoms with Gasteiger partial charge >= 0.3 is 5.97 Å². The number of hydrogen-bond donors (Lipinski definition) is 1. The first-order valence-electron chi connectivity index (χ1n) is 5.73. The number of esters is 1. The van der Waals surface area contributed by atoms with Crippen LogP contribution in [0.15, 0.2) is 11.6 Å². The summed E-state index contributed by atoms with van der Waals surface area (Å²) in [5.74, 6) is -0.233. The van der Waals surface area contributed by atoms with Crippen molar-refractivity contribution in [1.82, 2.24) is 5.32 Å². The van der Waals surface area contributed by atoms with Gasteiger partial charge in [0.15, 0.2) is 0 Å².